The highest BCUT2D eigenvalue weighted by Gasteiger charge is 2.44. The Hall–Kier alpha value is -1.32. The fourth-order valence-corrected chi connectivity index (χ4v) is 2.74. The van der Waals surface area contributed by atoms with Crippen LogP contribution in [0.5, 0.6) is 0 Å². The molecule has 1 aliphatic rings. The van der Waals surface area contributed by atoms with Gasteiger partial charge in [-0.15, -0.1) is 0 Å². The van der Waals surface area contributed by atoms with Gasteiger partial charge >= 0.3 is 0 Å². The van der Waals surface area contributed by atoms with Crippen molar-refractivity contribution in [1.82, 2.24) is 15.1 Å². The van der Waals surface area contributed by atoms with E-state index in [9.17, 15) is 0 Å². The summed E-state index contributed by atoms with van der Waals surface area (Å²) in [5.74, 6) is 0. The van der Waals surface area contributed by atoms with Gasteiger partial charge in [0.15, 0.2) is 0 Å². The first-order valence-electron chi connectivity index (χ1n) is 6.69. The van der Waals surface area contributed by atoms with Crippen LogP contribution in [0.4, 0.5) is 0 Å². The fourth-order valence-electron chi connectivity index (χ4n) is 2.62. The van der Waals surface area contributed by atoms with E-state index in [0.717, 1.165) is 11.6 Å². The van der Waals surface area contributed by atoms with Crippen molar-refractivity contribution >= 4 is 11.6 Å². The maximum Gasteiger partial charge on any atom is 0.0560 e. The molecule has 0 amide bonds. The van der Waals surface area contributed by atoms with Crippen molar-refractivity contribution in [2.24, 2.45) is 0 Å². The van der Waals surface area contributed by atoms with Crippen molar-refractivity contribution < 1.29 is 0 Å². The number of rotatable bonds is 5. The predicted octanol–water partition coefficient (Wildman–Crippen LogP) is 3.20. The lowest BCUT2D eigenvalue weighted by atomic mass is 10.0. The summed E-state index contributed by atoms with van der Waals surface area (Å²) in [6.07, 6.45) is 6.20. The van der Waals surface area contributed by atoms with Crippen LogP contribution in [0.15, 0.2) is 42.7 Å². The molecule has 1 atom stereocenters. The van der Waals surface area contributed by atoms with Crippen molar-refractivity contribution in [3.05, 3.63) is 53.3 Å². The minimum Gasteiger partial charge on any atom is -0.303 e. The number of hydrogen-bond donors (Lipinski definition) is 1. The van der Waals surface area contributed by atoms with E-state index in [1.54, 1.807) is 0 Å². The molecule has 3 rings (SSSR count). The minimum atomic E-state index is 0.150. The minimum absolute atomic E-state index is 0.150. The molecule has 3 nitrogen and oxygen atoms in total. The van der Waals surface area contributed by atoms with Gasteiger partial charge in [-0.25, -0.2) is 0 Å². The lowest BCUT2D eigenvalue weighted by Crippen LogP contribution is -2.39. The van der Waals surface area contributed by atoms with Crippen molar-refractivity contribution in [2.45, 2.75) is 37.9 Å². The van der Waals surface area contributed by atoms with Gasteiger partial charge in [-0.2, -0.15) is 5.10 Å². The molecule has 1 fully saturated rings. The van der Waals surface area contributed by atoms with Crippen molar-refractivity contribution in [3.63, 3.8) is 0 Å². The molecule has 0 saturated heterocycles. The van der Waals surface area contributed by atoms with Crippen LogP contribution in [0.1, 0.15) is 25.3 Å². The number of benzene rings is 1. The molecule has 1 N–H and O–H groups in total. The first kappa shape index (κ1) is 12.7. The molecular formula is C15H18ClN3. The van der Waals surface area contributed by atoms with Crippen LogP contribution in [0, 0.1) is 0 Å². The van der Waals surface area contributed by atoms with Crippen LogP contribution in [-0.2, 0) is 12.1 Å². The summed E-state index contributed by atoms with van der Waals surface area (Å²) in [6.45, 7) is 3.10. The monoisotopic (exact) mass is 275 g/mol. The summed E-state index contributed by atoms with van der Waals surface area (Å²) < 4.78 is 1.97. The van der Waals surface area contributed by atoms with Gasteiger partial charge in [-0.3, -0.25) is 4.68 Å². The largest absolute Gasteiger partial charge is 0.303 e. The van der Waals surface area contributed by atoms with Gasteiger partial charge in [0.25, 0.3) is 0 Å². The van der Waals surface area contributed by atoms with Gasteiger partial charge < -0.3 is 5.32 Å². The van der Waals surface area contributed by atoms with Crippen LogP contribution < -0.4 is 5.32 Å². The molecule has 0 bridgehead atoms. The quantitative estimate of drug-likeness (QED) is 0.908. The predicted molar refractivity (Wildman–Crippen MR) is 77.2 cm³/mol. The van der Waals surface area contributed by atoms with E-state index in [1.807, 2.05) is 35.3 Å². The molecule has 0 radical (unpaired) electrons. The van der Waals surface area contributed by atoms with Crippen LogP contribution in [0.25, 0.3) is 0 Å². The zero-order valence-corrected chi connectivity index (χ0v) is 11.8. The second kappa shape index (κ2) is 4.99. The number of nitrogens with zero attached hydrogens (tertiary/aromatic N) is 2. The van der Waals surface area contributed by atoms with E-state index in [4.69, 9.17) is 11.6 Å². The zero-order chi connectivity index (χ0) is 13.3. The Labute approximate surface area is 118 Å². The summed E-state index contributed by atoms with van der Waals surface area (Å²) in [4.78, 5) is 0. The highest BCUT2D eigenvalue weighted by molar-refractivity contribution is 6.30. The Morgan fingerprint density at radius 2 is 2.11 bits per heavy atom. The smallest absolute Gasteiger partial charge is 0.0560 e. The van der Waals surface area contributed by atoms with Crippen molar-refractivity contribution in [3.8, 4) is 0 Å². The van der Waals surface area contributed by atoms with Crippen LogP contribution in [0.2, 0.25) is 5.02 Å². The molecule has 0 aliphatic heterocycles. The lowest BCUT2D eigenvalue weighted by molar-refractivity contribution is 0.386. The van der Waals surface area contributed by atoms with Gasteiger partial charge in [-0.05, 0) is 43.5 Å². The van der Waals surface area contributed by atoms with E-state index >= 15 is 0 Å². The zero-order valence-electron chi connectivity index (χ0n) is 11.0. The van der Waals surface area contributed by atoms with Gasteiger partial charge in [0, 0.05) is 29.0 Å². The molecule has 0 spiro atoms. The van der Waals surface area contributed by atoms with Gasteiger partial charge in [-0.1, -0.05) is 23.7 Å². The molecule has 4 heteroatoms. The van der Waals surface area contributed by atoms with Crippen LogP contribution in [-0.4, -0.2) is 15.8 Å². The van der Waals surface area contributed by atoms with Crippen LogP contribution >= 0.6 is 11.6 Å². The summed E-state index contributed by atoms with van der Waals surface area (Å²) in [5.41, 5.74) is 1.49. The summed E-state index contributed by atoms with van der Waals surface area (Å²) >= 11 is 5.95. The number of nitrogens with one attached hydrogen (secondary N) is 1. The highest BCUT2D eigenvalue weighted by Crippen LogP contribution is 2.46. The molecule has 1 saturated carbocycles. The SMILES string of the molecule is CC(Cn1cccn1)NC1(c2ccc(Cl)cc2)CC1. The summed E-state index contributed by atoms with van der Waals surface area (Å²) in [7, 11) is 0. The molecular weight excluding hydrogens is 258 g/mol. The normalized spacial score (nSPS) is 18.2. The molecule has 2 aromatic rings. The Morgan fingerprint density at radius 1 is 1.37 bits per heavy atom. The number of halogens is 1. The average Bonchev–Trinajstić information content (AvgIpc) is 2.98. The van der Waals surface area contributed by atoms with Crippen LogP contribution in [0.3, 0.4) is 0 Å². The molecule has 19 heavy (non-hydrogen) atoms. The Kier molecular flexibility index (Phi) is 3.33. The standard InChI is InChI=1S/C15H18ClN3/c1-12(11-19-10-2-9-17-19)18-15(7-8-15)13-3-5-14(16)6-4-13/h2-6,9-10,12,18H,7-8,11H2,1H3. The Bertz CT molecular complexity index is 529. The van der Waals surface area contributed by atoms with E-state index < -0.39 is 0 Å². The molecule has 1 heterocycles. The molecule has 1 unspecified atom stereocenters. The Balaban J connectivity index is 1.67. The molecule has 1 aromatic carbocycles. The highest BCUT2D eigenvalue weighted by atomic mass is 35.5. The molecule has 1 aromatic heterocycles. The topological polar surface area (TPSA) is 29.9 Å². The van der Waals surface area contributed by atoms with Crippen molar-refractivity contribution in [1.29, 1.82) is 0 Å². The van der Waals surface area contributed by atoms with E-state index in [1.165, 1.54) is 18.4 Å². The first-order valence-corrected chi connectivity index (χ1v) is 7.07. The Morgan fingerprint density at radius 3 is 2.68 bits per heavy atom. The van der Waals surface area contributed by atoms with E-state index in [0.29, 0.717) is 6.04 Å². The van der Waals surface area contributed by atoms with E-state index in [-0.39, 0.29) is 5.54 Å². The van der Waals surface area contributed by atoms with E-state index in [2.05, 4.69) is 29.5 Å². The van der Waals surface area contributed by atoms with Gasteiger partial charge in [0.05, 0.1) is 6.54 Å². The summed E-state index contributed by atoms with van der Waals surface area (Å²) in [5, 5.41) is 8.78. The molecule has 100 valence electrons. The average molecular weight is 276 g/mol. The third-order valence-corrected chi connectivity index (χ3v) is 3.94. The second-order valence-electron chi connectivity index (χ2n) is 5.36. The third kappa shape index (κ3) is 2.82. The first-order chi connectivity index (χ1) is 9.18. The van der Waals surface area contributed by atoms with Gasteiger partial charge in [0.1, 0.15) is 0 Å². The van der Waals surface area contributed by atoms with Crippen molar-refractivity contribution in [2.75, 3.05) is 0 Å². The third-order valence-electron chi connectivity index (χ3n) is 3.69. The maximum atomic E-state index is 5.95. The second-order valence-corrected chi connectivity index (χ2v) is 5.80. The summed E-state index contributed by atoms with van der Waals surface area (Å²) in [6, 6.07) is 10.5. The van der Waals surface area contributed by atoms with Gasteiger partial charge in [0.2, 0.25) is 0 Å². The lowest BCUT2D eigenvalue weighted by Gasteiger charge is -2.23. The maximum absolute atomic E-state index is 5.95. The molecule has 1 aliphatic carbocycles. The number of hydrogen-bond acceptors (Lipinski definition) is 2. The fraction of sp³-hybridized carbons (Fsp3) is 0.400. The number of aromatic nitrogens is 2.